The van der Waals surface area contributed by atoms with Crippen molar-refractivity contribution in [3.63, 3.8) is 0 Å². The molecular formula is C23H25N3O2S. The summed E-state index contributed by atoms with van der Waals surface area (Å²) in [5.74, 6) is 0.0769. The minimum Gasteiger partial charge on any atom is -0.506 e. The molecule has 1 aromatic heterocycles. The number of amides is 1. The van der Waals surface area contributed by atoms with Gasteiger partial charge in [-0.25, -0.2) is 4.98 Å². The molecule has 0 spiro atoms. The fourth-order valence-corrected chi connectivity index (χ4v) is 4.49. The zero-order valence-corrected chi connectivity index (χ0v) is 17.1. The lowest BCUT2D eigenvalue weighted by atomic mass is 9.95. The Hall–Kier alpha value is -2.70. The number of hydrogen-bond donors (Lipinski definition) is 2. The molecule has 1 aliphatic heterocycles. The van der Waals surface area contributed by atoms with E-state index in [4.69, 9.17) is 4.98 Å². The summed E-state index contributed by atoms with van der Waals surface area (Å²) in [5.41, 5.74) is 2.87. The molecule has 5 nitrogen and oxygen atoms in total. The van der Waals surface area contributed by atoms with Crippen LogP contribution in [0.1, 0.15) is 29.1 Å². The minimum atomic E-state index is -0.0186. The van der Waals surface area contributed by atoms with Crippen LogP contribution in [0.5, 0.6) is 5.75 Å². The number of nitrogens with zero attached hydrogens (tertiary/aromatic N) is 2. The van der Waals surface area contributed by atoms with Gasteiger partial charge < -0.3 is 10.4 Å². The van der Waals surface area contributed by atoms with Crippen LogP contribution in [0.15, 0.2) is 60.0 Å². The molecule has 2 aromatic carbocycles. The number of carbonyl (C=O) groups is 1. The summed E-state index contributed by atoms with van der Waals surface area (Å²) >= 11 is 1.72. The number of nitrogens with one attached hydrogen (secondary N) is 1. The number of para-hydroxylation sites is 2. The molecule has 6 heteroatoms. The van der Waals surface area contributed by atoms with Crippen molar-refractivity contribution < 1.29 is 9.90 Å². The van der Waals surface area contributed by atoms with Crippen LogP contribution in [-0.2, 0) is 17.8 Å². The predicted octanol–water partition coefficient (Wildman–Crippen LogP) is 4.29. The van der Waals surface area contributed by atoms with E-state index < -0.39 is 0 Å². The van der Waals surface area contributed by atoms with E-state index in [1.807, 2.05) is 6.07 Å². The van der Waals surface area contributed by atoms with E-state index in [1.54, 1.807) is 35.6 Å². The summed E-state index contributed by atoms with van der Waals surface area (Å²) < 4.78 is 0. The van der Waals surface area contributed by atoms with Crippen molar-refractivity contribution in [2.24, 2.45) is 5.92 Å². The Bertz CT molecular complexity index is 950. The summed E-state index contributed by atoms with van der Waals surface area (Å²) in [5, 5.41) is 16.0. The quantitative estimate of drug-likeness (QED) is 0.598. The fraction of sp³-hybridized carbons (Fsp3) is 0.304. The van der Waals surface area contributed by atoms with Gasteiger partial charge in [-0.1, -0.05) is 42.5 Å². The van der Waals surface area contributed by atoms with Crippen LogP contribution in [0.25, 0.3) is 0 Å². The maximum absolute atomic E-state index is 12.5. The van der Waals surface area contributed by atoms with Crippen molar-refractivity contribution in [2.45, 2.75) is 25.8 Å². The van der Waals surface area contributed by atoms with Crippen molar-refractivity contribution in [2.75, 3.05) is 18.4 Å². The smallest absolute Gasteiger partial charge is 0.227 e. The van der Waals surface area contributed by atoms with E-state index in [0.29, 0.717) is 5.69 Å². The molecule has 0 aliphatic carbocycles. The number of likely N-dealkylation sites (tertiary alicyclic amines) is 1. The first-order chi connectivity index (χ1) is 14.2. The molecule has 2 N–H and O–H groups in total. The number of benzene rings is 2. The molecule has 0 saturated carbocycles. The zero-order valence-electron chi connectivity index (χ0n) is 16.3. The standard InChI is InChI=1S/C23H25N3O2S/c27-21-9-5-4-8-20(21)25-23(28)18-10-12-26(13-11-18)15-19-16-29-22(24-19)14-17-6-2-1-3-7-17/h1-9,16,18,27H,10-15H2,(H,25,28). The van der Waals surface area contributed by atoms with Gasteiger partial charge in [0.15, 0.2) is 0 Å². The summed E-state index contributed by atoms with van der Waals surface area (Å²) in [6.07, 6.45) is 2.51. The van der Waals surface area contributed by atoms with Crippen molar-refractivity contribution >= 4 is 22.9 Å². The van der Waals surface area contributed by atoms with Gasteiger partial charge in [0, 0.05) is 24.3 Å². The molecule has 2 heterocycles. The van der Waals surface area contributed by atoms with Gasteiger partial charge in [-0.05, 0) is 43.6 Å². The van der Waals surface area contributed by atoms with Crippen LogP contribution in [-0.4, -0.2) is 34.0 Å². The van der Waals surface area contributed by atoms with Crippen LogP contribution < -0.4 is 5.32 Å². The Kier molecular flexibility index (Phi) is 6.22. The molecular weight excluding hydrogens is 382 g/mol. The first-order valence-corrected chi connectivity index (χ1v) is 10.8. The van der Waals surface area contributed by atoms with Gasteiger partial charge in [0.05, 0.1) is 16.4 Å². The van der Waals surface area contributed by atoms with Crippen LogP contribution in [0, 0.1) is 5.92 Å². The summed E-state index contributed by atoms with van der Waals surface area (Å²) in [6.45, 7) is 2.59. The number of aromatic hydroxyl groups is 1. The lowest BCUT2D eigenvalue weighted by Crippen LogP contribution is -2.37. The largest absolute Gasteiger partial charge is 0.506 e. The number of thiazole rings is 1. The van der Waals surface area contributed by atoms with E-state index >= 15 is 0 Å². The number of phenolic OH excluding ortho intramolecular Hbond substituents is 1. The molecule has 150 valence electrons. The number of carbonyl (C=O) groups excluding carboxylic acids is 1. The predicted molar refractivity (Wildman–Crippen MR) is 116 cm³/mol. The van der Waals surface area contributed by atoms with Crippen LogP contribution in [0.3, 0.4) is 0 Å². The van der Waals surface area contributed by atoms with E-state index in [9.17, 15) is 9.90 Å². The third-order valence-electron chi connectivity index (χ3n) is 5.30. The second kappa shape index (κ2) is 9.20. The lowest BCUT2D eigenvalue weighted by Gasteiger charge is -2.30. The average Bonchev–Trinajstić information content (AvgIpc) is 3.17. The SMILES string of the molecule is O=C(Nc1ccccc1O)C1CCN(Cc2csc(Cc3ccccc3)n2)CC1. The molecule has 1 amide bonds. The zero-order chi connectivity index (χ0) is 20.1. The number of rotatable bonds is 6. The van der Waals surface area contributed by atoms with Crippen LogP contribution in [0.4, 0.5) is 5.69 Å². The number of phenols is 1. The molecule has 0 radical (unpaired) electrons. The van der Waals surface area contributed by atoms with Crippen molar-refractivity contribution in [3.8, 4) is 5.75 Å². The topological polar surface area (TPSA) is 65.5 Å². The van der Waals surface area contributed by atoms with E-state index in [0.717, 1.165) is 49.6 Å². The Morgan fingerprint density at radius 1 is 1.10 bits per heavy atom. The summed E-state index contributed by atoms with van der Waals surface area (Å²) in [4.78, 5) is 19.7. The van der Waals surface area contributed by atoms with Crippen LogP contribution >= 0.6 is 11.3 Å². The first kappa shape index (κ1) is 19.6. The van der Waals surface area contributed by atoms with E-state index in [-0.39, 0.29) is 17.6 Å². The molecule has 1 aliphatic rings. The highest BCUT2D eigenvalue weighted by atomic mass is 32.1. The van der Waals surface area contributed by atoms with Crippen LogP contribution in [0.2, 0.25) is 0 Å². The minimum absolute atomic E-state index is 0.00930. The number of piperidine rings is 1. The van der Waals surface area contributed by atoms with Gasteiger partial charge in [-0.2, -0.15) is 0 Å². The second-order valence-electron chi connectivity index (χ2n) is 7.45. The number of hydrogen-bond acceptors (Lipinski definition) is 5. The third kappa shape index (κ3) is 5.22. The maximum Gasteiger partial charge on any atom is 0.227 e. The monoisotopic (exact) mass is 407 g/mol. The van der Waals surface area contributed by atoms with E-state index in [2.05, 4.69) is 39.9 Å². The average molecular weight is 408 g/mol. The molecule has 1 saturated heterocycles. The summed E-state index contributed by atoms with van der Waals surface area (Å²) in [6, 6.07) is 17.3. The first-order valence-electron chi connectivity index (χ1n) is 9.96. The molecule has 0 atom stereocenters. The van der Waals surface area contributed by atoms with Gasteiger partial charge >= 0.3 is 0 Å². The number of anilines is 1. The van der Waals surface area contributed by atoms with Gasteiger partial charge in [0.25, 0.3) is 0 Å². The third-order valence-corrected chi connectivity index (χ3v) is 6.20. The molecule has 3 aromatic rings. The Balaban J connectivity index is 1.26. The summed E-state index contributed by atoms with van der Waals surface area (Å²) in [7, 11) is 0. The van der Waals surface area contributed by atoms with Crippen molar-refractivity contribution in [1.82, 2.24) is 9.88 Å². The fourth-order valence-electron chi connectivity index (χ4n) is 3.67. The molecule has 29 heavy (non-hydrogen) atoms. The Morgan fingerprint density at radius 2 is 1.83 bits per heavy atom. The highest BCUT2D eigenvalue weighted by Gasteiger charge is 2.25. The molecule has 0 bridgehead atoms. The Morgan fingerprint density at radius 3 is 2.59 bits per heavy atom. The van der Waals surface area contributed by atoms with Gasteiger partial charge in [0.2, 0.25) is 5.91 Å². The van der Waals surface area contributed by atoms with Crippen molar-refractivity contribution in [3.05, 3.63) is 76.2 Å². The Labute approximate surface area is 175 Å². The van der Waals surface area contributed by atoms with Crippen molar-refractivity contribution in [1.29, 1.82) is 0 Å². The molecule has 0 unspecified atom stereocenters. The van der Waals surface area contributed by atoms with Gasteiger partial charge in [-0.3, -0.25) is 9.69 Å². The highest BCUT2D eigenvalue weighted by Crippen LogP contribution is 2.25. The normalized spacial score (nSPS) is 15.3. The molecule has 4 rings (SSSR count). The second-order valence-corrected chi connectivity index (χ2v) is 8.39. The van der Waals surface area contributed by atoms with E-state index in [1.165, 1.54) is 5.56 Å². The lowest BCUT2D eigenvalue weighted by molar-refractivity contribution is -0.121. The highest BCUT2D eigenvalue weighted by molar-refractivity contribution is 7.09. The maximum atomic E-state index is 12.5. The molecule has 1 fully saturated rings. The van der Waals surface area contributed by atoms with Gasteiger partial charge in [0.1, 0.15) is 5.75 Å². The number of aromatic nitrogens is 1. The van der Waals surface area contributed by atoms with Gasteiger partial charge in [-0.15, -0.1) is 11.3 Å².